The molecule has 0 radical (unpaired) electrons. The van der Waals surface area contributed by atoms with Crippen molar-refractivity contribution < 1.29 is 18.7 Å². The van der Waals surface area contributed by atoms with Gasteiger partial charge in [-0.1, -0.05) is 29.8 Å². The molecule has 8 heteroatoms. The van der Waals surface area contributed by atoms with Crippen LogP contribution < -0.4 is 0 Å². The molecule has 2 aliphatic rings. The number of fused-ring (bicyclic) bond motifs is 2. The summed E-state index contributed by atoms with van der Waals surface area (Å²) in [6.07, 6.45) is 1.31. The van der Waals surface area contributed by atoms with Crippen molar-refractivity contribution in [3.8, 4) is 11.1 Å². The summed E-state index contributed by atoms with van der Waals surface area (Å²) < 4.78 is 20.5. The van der Waals surface area contributed by atoms with Crippen molar-refractivity contribution in [3.63, 3.8) is 0 Å². The number of pyridine rings is 1. The van der Waals surface area contributed by atoms with E-state index in [4.69, 9.17) is 16.3 Å². The Morgan fingerprint density at radius 2 is 1.60 bits per heavy atom. The molecule has 6 nitrogen and oxygen atoms in total. The Labute approximate surface area is 208 Å². The number of halogens is 2. The van der Waals surface area contributed by atoms with Crippen LogP contribution in [0.1, 0.15) is 31.1 Å². The van der Waals surface area contributed by atoms with Crippen LogP contribution in [-0.4, -0.2) is 58.6 Å². The number of aromatic nitrogens is 1. The van der Waals surface area contributed by atoms with E-state index in [9.17, 15) is 9.59 Å². The van der Waals surface area contributed by atoms with Gasteiger partial charge in [0, 0.05) is 49.6 Å². The lowest BCUT2D eigenvalue weighted by atomic mass is 10.0. The van der Waals surface area contributed by atoms with Gasteiger partial charge in [-0.3, -0.25) is 9.78 Å². The minimum Gasteiger partial charge on any atom is -0.444 e. The van der Waals surface area contributed by atoms with Gasteiger partial charge >= 0.3 is 6.09 Å². The van der Waals surface area contributed by atoms with Gasteiger partial charge in [-0.05, 0) is 56.2 Å². The van der Waals surface area contributed by atoms with Crippen LogP contribution in [0.4, 0.5) is 9.18 Å². The van der Waals surface area contributed by atoms with Crippen LogP contribution in [0, 0.1) is 17.7 Å². The summed E-state index contributed by atoms with van der Waals surface area (Å²) in [5, 5.41) is 1.44. The van der Waals surface area contributed by atoms with Gasteiger partial charge in [0.05, 0.1) is 16.1 Å². The maximum absolute atomic E-state index is 15.1. The molecule has 0 bridgehead atoms. The molecule has 0 saturated carbocycles. The highest BCUT2D eigenvalue weighted by Crippen LogP contribution is 2.34. The second-order valence-corrected chi connectivity index (χ2v) is 10.7. The predicted molar refractivity (Wildman–Crippen MR) is 133 cm³/mol. The maximum Gasteiger partial charge on any atom is 0.410 e. The quantitative estimate of drug-likeness (QED) is 0.462. The van der Waals surface area contributed by atoms with Crippen LogP contribution >= 0.6 is 11.6 Å². The average molecular weight is 496 g/mol. The zero-order valence-corrected chi connectivity index (χ0v) is 20.7. The van der Waals surface area contributed by atoms with Gasteiger partial charge in [-0.25, -0.2) is 9.18 Å². The lowest BCUT2D eigenvalue weighted by Crippen LogP contribution is -2.38. The largest absolute Gasteiger partial charge is 0.444 e. The Balaban J connectivity index is 1.27. The van der Waals surface area contributed by atoms with E-state index in [2.05, 4.69) is 4.98 Å². The van der Waals surface area contributed by atoms with Crippen molar-refractivity contribution >= 4 is 34.5 Å². The number of hydrogen-bond donors (Lipinski definition) is 0. The minimum atomic E-state index is -0.556. The monoisotopic (exact) mass is 495 g/mol. The Morgan fingerprint density at radius 3 is 2.26 bits per heavy atom. The molecule has 3 aromatic rings. The van der Waals surface area contributed by atoms with Crippen LogP contribution in [-0.2, 0) is 4.74 Å². The highest BCUT2D eigenvalue weighted by Gasteiger charge is 2.44. The lowest BCUT2D eigenvalue weighted by molar-refractivity contribution is 0.0275. The predicted octanol–water partition coefficient (Wildman–Crippen LogP) is 5.63. The molecule has 2 fully saturated rings. The first-order chi connectivity index (χ1) is 16.6. The zero-order chi connectivity index (χ0) is 24.9. The van der Waals surface area contributed by atoms with Crippen molar-refractivity contribution in [2.75, 3.05) is 26.2 Å². The molecule has 2 unspecified atom stereocenters. The number of rotatable bonds is 2. The van der Waals surface area contributed by atoms with Gasteiger partial charge in [0.25, 0.3) is 5.91 Å². The smallest absolute Gasteiger partial charge is 0.410 e. The molecule has 2 amide bonds. The van der Waals surface area contributed by atoms with E-state index < -0.39 is 11.4 Å². The van der Waals surface area contributed by atoms with Crippen LogP contribution in [0.3, 0.4) is 0 Å². The molecule has 0 aliphatic carbocycles. The molecule has 2 aromatic carbocycles. The van der Waals surface area contributed by atoms with Gasteiger partial charge in [0.15, 0.2) is 0 Å². The number of nitrogens with zero attached hydrogens (tertiary/aromatic N) is 3. The standard InChI is InChI=1S/C27H27ClFN3O3/c1-27(2,3)35-26(34)32-14-18-12-31(13-19(18)15-32)25(33)21-7-5-16(10-23(21)29)17-4-6-20-22(28)8-9-30-24(20)11-17/h4-11,18-19H,12-15H2,1-3H3. The maximum atomic E-state index is 15.1. The van der Waals surface area contributed by atoms with Crippen molar-refractivity contribution in [2.45, 2.75) is 26.4 Å². The highest BCUT2D eigenvalue weighted by atomic mass is 35.5. The minimum absolute atomic E-state index is 0.0553. The van der Waals surface area contributed by atoms with Crippen LogP contribution in [0.25, 0.3) is 22.0 Å². The number of carbonyl (C=O) groups is 2. The van der Waals surface area contributed by atoms with Gasteiger partial charge in [-0.2, -0.15) is 0 Å². The Hall–Kier alpha value is -3.19. The number of likely N-dealkylation sites (tertiary alicyclic amines) is 2. The van der Waals surface area contributed by atoms with Crippen LogP contribution in [0.15, 0.2) is 48.7 Å². The summed E-state index contributed by atoms with van der Waals surface area (Å²) in [7, 11) is 0. The summed E-state index contributed by atoms with van der Waals surface area (Å²) in [5.74, 6) is -0.533. The van der Waals surface area contributed by atoms with E-state index in [-0.39, 0.29) is 29.4 Å². The van der Waals surface area contributed by atoms with Gasteiger partial charge in [0.2, 0.25) is 0 Å². The second-order valence-electron chi connectivity index (χ2n) is 10.3. The van der Waals surface area contributed by atoms with Crippen LogP contribution in [0.2, 0.25) is 5.02 Å². The first kappa shape index (κ1) is 23.5. The van der Waals surface area contributed by atoms with Gasteiger partial charge < -0.3 is 14.5 Å². The summed E-state index contributed by atoms with van der Waals surface area (Å²) in [4.78, 5) is 33.2. The SMILES string of the molecule is CC(C)(C)OC(=O)N1CC2CN(C(=O)c3ccc(-c4ccc5c(Cl)ccnc5c4)cc3F)CC2C1. The van der Waals surface area contributed by atoms with Crippen LogP contribution in [0.5, 0.6) is 0 Å². The van der Waals surface area contributed by atoms with Gasteiger partial charge in [-0.15, -0.1) is 0 Å². The zero-order valence-electron chi connectivity index (χ0n) is 19.9. The van der Waals surface area contributed by atoms with Crippen molar-refractivity contribution in [2.24, 2.45) is 11.8 Å². The summed E-state index contributed by atoms with van der Waals surface area (Å²) in [5.41, 5.74) is 1.69. The number of ether oxygens (including phenoxy) is 1. The molecule has 2 aliphatic heterocycles. The second kappa shape index (κ2) is 8.79. The molecule has 1 aromatic heterocycles. The molecule has 3 heterocycles. The number of carbonyl (C=O) groups excluding carboxylic acids is 2. The summed E-state index contributed by atoms with van der Waals surface area (Å²) in [6.45, 7) is 7.62. The summed E-state index contributed by atoms with van der Waals surface area (Å²) in [6, 6.07) is 12.0. The lowest BCUT2D eigenvalue weighted by Gasteiger charge is -2.26. The van der Waals surface area contributed by atoms with E-state index >= 15 is 4.39 Å². The van der Waals surface area contributed by atoms with Crippen molar-refractivity contribution in [1.82, 2.24) is 14.8 Å². The third-order valence-electron chi connectivity index (χ3n) is 6.65. The fourth-order valence-corrected chi connectivity index (χ4v) is 5.18. The molecule has 2 saturated heterocycles. The first-order valence-electron chi connectivity index (χ1n) is 11.7. The molecule has 35 heavy (non-hydrogen) atoms. The first-order valence-corrected chi connectivity index (χ1v) is 12.1. The average Bonchev–Trinajstić information content (AvgIpc) is 3.37. The molecule has 182 valence electrons. The molecule has 5 rings (SSSR count). The summed E-state index contributed by atoms with van der Waals surface area (Å²) >= 11 is 6.21. The Kier molecular flexibility index (Phi) is 5.91. The van der Waals surface area contributed by atoms with E-state index in [1.807, 2.05) is 39.0 Å². The molecular weight excluding hydrogens is 469 g/mol. The van der Waals surface area contributed by atoms with E-state index in [1.54, 1.807) is 34.2 Å². The Morgan fingerprint density at radius 1 is 0.971 bits per heavy atom. The fraction of sp³-hybridized carbons (Fsp3) is 0.370. The number of benzene rings is 2. The molecule has 0 spiro atoms. The molecular formula is C27H27ClFN3O3. The number of hydrogen-bond acceptors (Lipinski definition) is 4. The fourth-order valence-electron chi connectivity index (χ4n) is 4.97. The highest BCUT2D eigenvalue weighted by molar-refractivity contribution is 6.35. The number of amides is 2. The van der Waals surface area contributed by atoms with E-state index in [0.29, 0.717) is 36.8 Å². The topological polar surface area (TPSA) is 62.7 Å². The van der Waals surface area contributed by atoms with E-state index in [0.717, 1.165) is 16.5 Å². The third-order valence-corrected chi connectivity index (χ3v) is 6.98. The van der Waals surface area contributed by atoms with E-state index in [1.165, 1.54) is 6.07 Å². The third kappa shape index (κ3) is 4.69. The van der Waals surface area contributed by atoms with Crippen molar-refractivity contribution in [3.05, 3.63) is 65.1 Å². The normalized spacial score (nSPS) is 19.8. The molecule has 2 atom stereocenters. The Bertz CT molecular complexity index is 1310. The van der Waals surface area contributed by atoms with Gasteiger partial charge in [0.1, 0.15) is 11.4 Å². The van der Waals surface area contributed by atoms with Crippen molar-refractivity contribution in [1.29, 1.82) is 0 Å². The molecule has 0 N–H and O–H groups in total.